The van der Waals surface area contributed by atoms with Gasteiger partial charge in [-0.1, -0.05) is 17.3 Å². The van der Waals surface area contributed by atoms with E-state index in [-0.39, 0.29) is 24.2 Å². The van der Waals surface area contributed by atoms with Crippen LogP contribution in [0.15, 0.2) is 42.5 Å². The molecular weight excluding hydrogens is 363 g/mol. The Morgan fingerprint density at radius 3 is 2.79 bits per heavy atom. The summed E-state index contributed by atoms with van der Waals surface area (Å²) in [6.45, 7) is 2.31. The average Bonchev–Trinajstić information content (AvgIpc) is 3.14. The van der Waals surface area contributed by atoms with Crippen molar-refractivity contribution in [3.63, 3.8) is 0 Å². The number of aryl methyl sites for hydroxylation is 1. The highest BCUT2D eigenvalue weighted by Crippen LogP contribution is 2.28. The Hall–Kier alpha value is -3.26. The van der Waals surface area contributed by atoms with Gasteiger partial charge in [-0.15, -0.1) is 5.10 Å². The zero-order valence-corrected chi connectivity index (χ0v) is 15.5. The lowest BCUT2D eigenvalue weighted by Crippen LogP contribution is -2.24. The Morgan fingerprint density at radius 2 is 2.07 bits per heavy atom. The van der Waals surface area contributed by atoms with Gasteiger partial charge in [-0.2, -0.15) is 0 Å². The largest absolute Gasteiger partial charge is 0.497 e. The van der Waals surface area contributed by atoms with Crippen molar-refractivity contribution in [3.05, 3.63) is 70.8 Å². The van der Waals surface area contributed by atoms with E-state index in [9.17, 15) is 9.18 Å². The van der Waals surface area contributed by atoms with E-state index in [4.69, 9.17) is 9.47 Å². The number of ether oxygens (including phenoxy) is 2. The molecule has 2 heterocycles. The van der Waals surface area contributed by atoms with Gasteiger partial charge < -0.3 is 14.8 Å². The number of anilines is 1. The lowest BCUT2D eigenvalue weighted by atomic mass is 10.1. The van der Waals surface area contributed by atoms with Crippen LogP contribution >= 0.6 is 0 Å². The van der Waals surface area contributed by atoms with Crippen LogP contribution in [-0.4, -0.2) is 28.0 Å². The van der Waals surface area contributed by atoms with Crippen LogP contribution in [0.1, 0.15) is 33.4 Å². The van der Waals surface area contributed by atoms with Crippen LogP contribution in [0.25, 0.3) is 0 Å². The SMILES string of the molecule is COc1ccc([C@@H]2Cn3nnc(C(=O)Nc4ccc(F)c(C)c4)c3CO2)cc1. The number of hydrogen-bond acceptors (Lipinski definition) is 5. The van der Waals surface area contributed by atoms with Crippen molar-refractivity contribution in [2.75, 3.05) is 12.4 Å². The lowest BCUT2D eigenvalue weighted by molar-refractivity contribution is -0.00173. The fourth-order valence-electron chi connectivity index (χ4n) is 3.12. The minimum atomic E-state index is -0.404. The maximum atomic E-state index is 13.4. The molecule has 0 spiro atoms. The third-order valence-corrected chi connectivity index (χ3v) is 4.72. The second-order valence-corrected chi connectivity index (χ2v) is 6.56. The topological polar surface area (TPSA) is 78.3 Å². The number of halogens is 1. The second kappa shape index (κ2) is 7.40. The highest BCUT2D eigenvalue weighted by atomic mass is 19.1. The lowest BCUT2D eigenvalue weighted by Gasteiger charge is -2.24. The molecule has 1 N–H and O–H groups in total. The van der Waals surface area contributed by atoms with Gasteiger partial charge in [-0.25, -0.2) is 9.07 Å². The third kappa shape index (κ3) is 3.46. The van der Waals surface area contributed by atoms with Crippen molar-refractivity contribution in [2.45, 2.75) is 26.2 Å². The summed E-state index contributed by atoms with van der Waals surface area (Å²) in [6, 6.07) is 12.0. The smallest absolute Gasteiger partial charge is 0.278 e. The van der Waals surface area contributed by atoms with E-state index >= 15 is 0 Å². The molecule has 0 bridgehead atoms. The van der Waals surface area contributed by atoms with Crippen LogP contribution in [0.2, 0.25) is 0 Å². The van der Waals surface area contributed by atoms with E-state index in [2.05, 4.69) is 15.6 Å². The number of benzene rings is 2. The molecule has 0 saturated carbocycles. The minimum absolute atomic E-state index is 0.184. The van der Waals surface area contributed by atoms with Crippen molar-refractivity contribution in [3.8, 4) is 5.75 Å². The van der Waals surface area contributed by atoms with E-state index in [0.717, 1.165) is 11.3 Å². The van der Waals surface area contributed by atoms with E-state index in [1.165, 1.54) is 12.1 Å². The van der Waals surface area contributed by atoms with Crippen LogP contribution < -0.4 is 10.1 Å². The molecule has 1 amide bonds. The molecule has 7 nitrogen and oxygen atoms in total. The molecule has 28 heavy (non-hydrogen) atoms. The summed E-state index contributed by atoms with van der Waals surface area (Å²) in [4.78, 5) is 12.6. The third-order valence-electron chi connectivity index (χ3n) is 4.72. The van der Waals surface area contributed by atoms with Gasteiger partial charge in [0.1, 0.15) is 17.7 Å². The number of methoxy groups -OCH3 is 1. The number of nitrogens with one attached hydrogen (secondary N) is 1. The van der Waals surface area contributed by atoms with Crippen LogP contribution in [0.5, 0.6) is 5.75 Å². The first-order valence-electron chi connectivity index (χ1n) is 8.80. The number of fused-ring (bicyclic) bond motifs is 1. The molecular formula is C20H19FN4O3. The van der Waals surface area contributed by atoms with Gasteiger partial charge in [-0.05, 0) is 48.4 Å². The molecule has 0 fully saturated rings. The molecule has 0 saturated heterocycles. The van der Waals surface area contributed by atoms with Crippen LogP contribution in [0, 0.1) is 12.7 Å². The summed E-state index contributed by atoms with van der Waals surface area (Å²) in [6.07, 6.45) is -0.184. The number of hydrogen-bond donors (Lipinski definition) is 1. The predicted octanol–water partition coefficient (Wildman–Crippen LogP) is 3.26. The molecule has 144 valence electrons. The summed E-state index contributed by atoms with van der Waals surface area (Å²) >= 11 is 0. The molecule has 0 unspecified atom stereocenters. The number of rotatable bonds is 4. The standard InChI is InChI=1S/C20H19FN4O3/c1-12-9-14(5-8-16(12)21)22-20(26)19-17-11-28-18(10-25(17)24-23-19)13-3-6-15(27-2)7-4-13/h3-9,18H,10-11H2,1-2H3,(H,22,26)/t18-/m0/s1. The molecule has 8 heteroatoms. The highest BCUT2D eigenvalue weighted by Gasteiger charge is 2.27. The number of nitrogens with zero attached hydrogens (tertiary/aromatic N) is 3. The Morgan fingerprint density at radius 1 is 1.29 bits per heavy atom. The quantitative estimate of drug-likeness (QED) is 0.749. The van der Waals surface area contributed by atoms with Gasteiger partial charge in [0, 0.05) is 5.69 Å². The fraction of sp³-hybridized carbons (Fsp3) is 0.250. The van der Waals surface area contributed by atoms with Crippen molar-refractivity contribution < 1.29 is 18.7 Å². The van der Waals surface area contributed by atoms with Crippen LogP contribution in [0.3, 0.4) is 0 Å². The summed E-state index contributed by atoms with van der Waals surface area (Å²) in [7, 11) is 1.62. The van der Waals surface area contributed by atoms with E-state index < -0.39 is 5.91 Å². The van der Waals surface area contributed by atoms with Gasteiger partial charge in [0.05, 0.1) is 26.0 Å². The molecule has 0 radical (unpaired) electrons. The Bertz CT molecular complexity index is 1020. The predicted molar refractivity (Wildman–Crippen MR) is 99.6 cm³/mol. The number of aromatic nitrogens is 3. The summed E-state index contributed by atoms with van der Waals surface area (Å²) in [5.74, 6) is 0.0479. The van der Waals surface area contributed by atoms with Crippen molar-refractivity contribution in [2.24, 2.45) is 0 Å². The van der Waals surface area contributed by atoms with E-state index in [0.29, 0.717) is 23.5 Å². The minimum Gasteiger partial charge on any atom is -0.497 e. The first kappa shape index (κ1) is 18.1. The van der Waals surface area contributed by atoms with Crippen molar-refractivity contribution in [1.29, 1.82) is 0 Å². The van der Waals surface area contributed by atoms with Crippen molar-refractivity contribution in [1.82, 2.24) is 15.0 Å². The first-order chi connectivity index (χ1) is 13.5. The number of carbonyl (C=O) groups is 1. The zero-order valence-electron chi connectivity index (χ0n) is 15.5. The first-order valence-corrected chi connectivity index (χ1v) is 8.80. The molecule has 1 aromatic heterocycles. The molecule has 2 aromatic carbocycles. The molecule has 1 aliphatic heterocycles. The molecule has 0 aliphatic carbocycles. The fourth-order valence-corrected chi connectivity index (χ4v) is 3.12. The average molecular weight is 382 g/mol. The molecule has 1 aliphatic rings. The highest BCUT2D eigenvalue weighted by molar-refractivity contribution is 6.03. The Labute approximate surface area is 161 Å². The van der Waals surface area contributed by atoms with E-state index in [1.54, 1.807) is 24.8 Å². The van der Waals surface area contributed by atoms with Gasteiger partial charge in [0.2, 0.25) is 0 Å². The summed E-state index contributed by atoms with van der Waals surface area (Å²) in [5, 5.41) is 10.8. The Balaban J connectivity index is 1.49. The Kier molecular flexibility index (Phi) is 4.79. The maximum absolute atomic E-state index is 13.4. The van der Waals surface area contributed by atoms with Gasteiger partial charge >= 0.3 is 0 Å². The van der Waals surface area contributed by atoms with Gasteiger partial charge in [0.15, 0.2) is 5.69 Å². The number of carbonyl (C=O) groups excluding carboxylic acids is 1. The zero-order chi connectivity index (χ0) is 19.7. The molecule has 1 atom stereocenters. The van der Waals surface area contributed by atoms with Crippen LogP contribution in [-0.2, 0) is 17.9 Å². The van der Waals surface area contributed by atoms with E-state index in [1.807, 2.05) is 24.3 Å². The second-order valence-electron chi connectivity index (χ2n) is 6.56. The normalized spacial score (nSPS) is 15.8. The van der Waals surface area contributed by atoms with Crippen molar-refractivity contribution >= 4 is 11.6 Å². The molecule has 3 aromatic rings. The molecule has 4 rings (SSSR count). The van der Waals surface area contributed by atoms with Gasteiger partial charge in [0.25, 0.3) is 5.91 Å². The van der Waals surface area contributed by atoms with Crippen LogP contribution in [0.4, 0.5) is 10.1 Å². The monoisotopic (exact) mass is 382 g/mol. The summed E-state index contributed by atoms with van der Waals surface area (Å²) < 4.78 is 26.2. The summed E-state index contributed by atoms with van der Waals surface area (Å²) in [5.41, 5.74) is 2.76. The van der Waals surface area contributed by atoms with Gasteiger partial charge in [-0.3, -0.25) is 4.79 Å². The maximum Gasteiger partial charge on any atom is 0.278 e. The number of amides is 1.